The van der Waals surface area contributed by atoms with Crippen molar-refractivity contribution in [1.82, 2.24) is 0 Å². The lowest BCUT2D eigenvalue weighted by atomic mass is 9.97. The van der Waals surface area contributed by atoms with Gasteiger partial charge in [-0.15, -0.1) is 0 Å². The van der Waals surface area contributed by atoms with Gasteiger partial charge in [0.05, 0.1) is 18.8 Å². The SMILES string of the molecule is OC1C[C@H]2C(CO[C@@H]2/C=C/C(COc2cccc(Cl)c2)OP)O1. The van der Waals surface area contributed by atoms with Crippen molar-refractivity contribution in [2.24, 2.45) is 5.92 Å². The van der Waals surface area contributed by atoms with Crippen LogP contribution in [0.15, 0.2) is 36.4 Å². The maximum absolute atomic E-state index is 9.55. The monoisotopic (exact) mass is 358 g/mol. The molecule has 4 unspecified atom stereocenters. The van der Waals surface area contributed by atoms with Gasteiger partial charge >= 0.3 is 0 Å². The number of hydrogen-bond acceptors (Lipinski definition) is 5. The first-order valence-corrected chi connectivity index (χ1v) is 8.38. The van der Waals surface area contributed by atoms with Crippen LogP contribution in [0.2, 0.25) is 5.02 Å². The lowest BCUT2D eigenvalue weighted by Crippen LogP contribution is -2.20. The number of hydrogen-bond donors (Lipinski definition) is 1. The molecule has 0 aromatic heterocycles. The number of rotatable bonds is 6. The molecule has 2 saturated heterocycles. The molecule has 2 aliphatic heterocycles. The molecule has 0 bridgehead atoms. The number of aliphatic hydroxyl groups excluding tert-OH is 1. The van der Waals surface area contributed by atoms with Crippen LogP contribution in [0.4, 0.5) is 0 Å². The maximum atomic E-state index is 9.55. The van der Waals surface area contributed by atoms with Crippen LogP contribution in [0, 0.1) is 5.92 Å². The van der Waals surface area contributed by atoms with Gasteiger partial charge in [-0.3, -0.25) is 0 Å². The third-order valence-corrected chi connectivity index (χ3v) is 4.64. The molecule has 5 nitrogen and oxygen atoms in total. The molecule has 0 aliphatic carbocycles. The molecule has 1 aromatic rings. The Bertz CT molecular complexity index is 555. The van der Waals surface area contributed by atoms with Gasteiger partial charge in [-0.25, -0.2) is 0 Å². The highest BCUT2D eigenvalue weighted by Crippen LogP contribution is 2.35. The summed E-state index contributed by atoms with van der Waals surface area (Å²) in [5.41, 5.74) is 0. The van der Waals surface area contributed by atoms with Crippen LogP contribution in [0.1, 0.15) is 6.42 Å². The molecule has 0 radical (unpaired) electrons. The number of fused-ring (bicyclic) bond motifs is 1. The molecule has 3 rings (SSSR count). The number of ether oxygens (including phenoxy) is 3. The van der Waals surface area contributed by atoms with Crippen LogP contribution in [0.5, 0.6) is 5.75 Å². The predicted octanol–water partition coefficient (Wildman–Crippen LogP) is 2.57. The summed E-state index contributed by atoms with van der Waals surface area (Å²) in [5, 5.41) is 10.2. The van der Waals surface area contributed by atoms with E-state index in [0.717, 1.165) is 0 Å². The summed E-state index contributed by atoms with van der Waals surface area (Å²) in [6, 6.07) is 7.23. The van der Waals surface area contributed by atoms with Gasteiger partial charge in [0.15, 0.2) is 6.29 Å². The fraction of sp³-hybridized carbons (Fsp3) is 0.500. The molecule has 0 amide bonds. The Balaban J connectivity index is 1.53. The molecule has 2 heterocycles. The van der Waals surface area contributed by atoms with Gasteiger partial charge in [0, 0.05) is 26.8 Å². The Labute approximate surface area is 142 Å². The Hall–Kier alpha value is -0.680. The Morgan fingerprint density at radius 3 is 3.13 bits per heavy atom. The lowest BCUT2D eigenvalue weighted by molar-refractivity contribution is -0.100. The van der Waals surface area contributed by atoms with Crippen LogP contribution in [0.3, 0.4) is 0 Å². The van der Waals surface area contributed by atoms with Gasteiger partial charge in [-0.2, -0.15) is 0 Å². The van der Waals surface area contributed by atoms with Crippen molar-refractivity contribution in [1.29, 1.82) is 0 Å². The summed E-state index contributed by atoms with van der Waals surface area (Å²) < 4.78 is 22.1. The highest BCUT2D eigenvalue weighted by Gasteiger charge is 2.44. The zero-order valence-corrected chi connectivity index (χ0v) is 14.4. The molecule has 0 saturated carbocycles. The van der Waals surface area contributed by atoms with Crippen molar-refractivity contribution >= 4 is 21.1 Å². The van der Waals surface area contributed by atoms with Gasteiger partial charge in [0.1, 0.15) is 18.5 Å². The molecular formula is C16H20ClO5P. The zero-order chi connectivity index (χ0) is 16.2. The minimum Gasteiger partial charge on any atom is -0.490 e. The van der Waals surface area contributed by atoms with Gasteiger partial charge < -0.3 is 23.8 Å². The quantitative estimate of drug-likeness (QED) is 0.625. The van der Waals surface area contributed by atoms with E-state index in [9.17, 15) is 5.11 Å². The minimum atomic E-state index is -0.676. The van der Waals surface area contributed by atoms with Crippen LogP contribution >= 0.6 is 21.1 Å². The van der Waals surface area contributed by atoms with E-state index in [2.05, 4.69) is 9.47 Å². The van der Waals surface area contributed by atoms with Gasteiger partial charge in [-0.05, 0) is 18.2 Å². The van der Waals surface area contributed by atoms with E-state index in [1.54, 1.807) is 12.1 Å². The van der Waals surface area contributed by atoms with Crippen LogP contribution in [0.25, 0.3) is 0 Å². The topological polar surface area (TPSA) is 57.2 Å². The van der Waals surface area contributed by atoms with E-state index >= 15 is 0 Å². The van der Waals surface area contributed by atoms with Gasteiger partial charge in [0.25, 0.3) is 0 Å². The summed E-state index contributed by atoms with van der Waals surface area (Å²) in [7, 11) is 2.25. The van der Waals surface area contributed by atoms with Gasteiger partial charge in [-0.1, -0.05) is 29.8 Å². The molecule has 1 aromatic carbocycles. The van der Waals surface area contributed by atoms with E-state index < -0.39 is 6.29 Å². The number of benzene rings is 1. The fourth-order valence-corrected chi connectivity index (χ4v) is 3.24. The van der Waals surface area contributed by atoms with E-state index in [-0.39, 0.29) is 24.2 Å². The minimum absolute atomic E-state index is 0.0160. The number of aliphatic hydroxyl groups is 1. The second kappa shape index (κ2) is 7.93. The molecule has 7 heteroatoms. The standard InChI is InChI=1S/C16H20ClO5P/c17-10-2-1-3-11(6-10)19-8-12(22-23)4-5-14-13-7-16(18)21-15(13)9-20-14/h1-6,12-16,18H,7-9,23H2/b5-4+/t12?,13-,14-,15?,16?/m1/s1. The van der Waals surface area contributed by atoms with Crippen molar-refractivity contribution in [3.8, 4) is 5.75 Å². The largest absolute Gasteiger partial charge is 0.490 e. The normalized spacial score (nSPS) is 31.4. The Morgan fingerprint density at radius 1 is 1.48 bits per heavy atom. The van der Waals surface area contributed by atoms with Crippen molar-refractivity contribution in [2.45, 2.75) is 31.0 Å². The average Bonchev–Trinajstić information content (AvgIpc) is 3.07. The van der Waals surface area contributed by atoms with Crippen molar-refractivity contribution < 1.29 is 23.8 Å². The number of halogens is 1. The second-order valence-electron chi connectivity index (χ2n) is 5.65. The molecule has 23 heavy (non-hydrogen) atoms. The zero-order valence-electron chi connectivity index (χ0n) is 12.5. The fourth-order valence-electron chi connectivity index (χ4n) is 2.89. The summed E-state index contributed by atoms with van der Waals surface area (Å²) >= 11 is 5.93. The summed E-state index contributed by atoms with van der Waals surface area (Å²) in [6.45, 7) is 0.877. The van der Waals surface area contributed by atoms with E-state index in [0.29, 0.717) is 30.4 Å². The van der Waals surface area contributed by atoms with Crippen LogP contribution in [-0.4, -0.2) is 42.9 Å². The molecule has 0 spiro atoms. The third kappa shape index (κ3) is 4.44. The summed E-state index contributed by atoms with van der Waals surface area (Å²) in [5.74, 6) is 0.891. The first kappa shape index (κ1) is 17.2. The molecule has 1 N–H and O–H groups in total. The van der Waals surface area contributed by atoms with Crippen molar-refractivity contribution in [3.05, 3.63) is 41.4 Å². The van der Waals surface area contributed by atoms with Crippen LogP contribution in [-0.2, 0) is 14.0 Å². The van der Waals surface area contributed by atoms with Crippen LogP contribution < -0.4 is 4.74 Å². The Morgan fingerprint density at radius 2 is 2.35 bits per heavy atom. The molecule has 2 aliphatic rings. The predicted molar refractivity (Wildman–Crippen MR) is 89.4 cm³/mol. The third-order valence-electron chi connectivity index (χ3n) is 4.06. The van der Waals surface area contributed by atoms with E-state index in [1.165, 1.54) is 0 Å². The second-order valence-corrected chi connectivity index (χ2v) is 6.36. The average molecular weight is 359 g/mol. The summed E-state index contributed by atoms with van der Waals surface area (Å²) in [6.07, 6.45) is 3.49. The highest BCUT2D eigenvalue weighted by atomic mass is 35.5. The maximum Gasteiger partial charge on any atom is 0.155 e. The van der Waals surface area contributed by atoms with Gasteiger partial charge in [0.2, 0.25) is 0 Å². The molecular weight excluding hydrogens is 339 g/mol. The van der Waals surface area contributed by atoms with E-state index in [4.69, 9.17) is 30.3 Å². The molecule has 6 atom stereocenters. The smallest absolute Gasteiger partial charge is 0.155 e. The first-order chi connectivity index (χ1) is 11.2. The van der Waals surface area contributed by atoms with E-state index in [1.807, 2.05) is 24.3 Å². The summed E-state index contributed by atoms with van der Waals surface area (Å²) in [4.78, 5) is 0. The lowest BCUT2D eigenvalue weighted by Gasteiger charge is -2.15. The van der Waals surface area contributed by atoms with Crippen molar-refractivity contribution in [2.75, 3.05) is 13.2 Å². The molecule has 2 fully saturated rings. The molecule has 126 valence electrons. The first-order valence-electron chi connectivity index (χ1n) is 7.53. The highest BCUT2D eigenvalue weighted by molar-refractivity contribution is 7.09. The Kier molecular flexibility index (Phi) is 5.91. The van der Waals surface area contributed by atoms with Crippen molar-refractivity contribution in [3.63, 3.8) is 0 Å².